The fourth-order valence-electron chi connectivity index (χ4n) is 3.48. The summed E-state index contributed by atoms with van der Waals surface area (Å²) < 4.78 is 8.00. The molecule has 2 atom stereocenters. The molecular weight excluding hydrogens is 238 g/mol. The van der Waals surface area contributed by atoms with E-state index in [0.29, 0.717) is 6.10 Å². The first-order valence-corrected chi connectivity index (χ1v) is 7.54. The van der Waals surface area contributed by atoms with Gasteiger partial charge in [-0.15, -0.1) is 0 Å². The smallest absolute Gasteiger partial charge is 0.0676 e. The molecule has 106 valence electrons. The fraction of sp³-hybridized carbons (Fsp3) is 0.800. The lowest BCUT2D eigenvalue weighted by molar-refractivity contribution is 0.0304. The molecule has 1 aromatic heterocycles. The van der Waals surface area contributed by atoms with Gasteiger partial charge < -0.3 is 10.1 Å². The van der Waals surface area contributed by atoms with Crippen LogP contribution in [0.4, 0.5) is 0 Å². The van der Waals surface area contributed by atoms with Gasteiger partial charge in [0.1, 0.15) is 0 Å². The van der Waals surface area contributed by atoms with E-state index in [1.54, 1.807) is 0 Å². The third-order valence-electron chi connectivity index (χ3n) is 4.58. The second-order valence-electron chi connectivity index (χ2n) is 6.18. The SMILES string of the molecule is CCNCC1(Cc2ccn(C)n2)CCOC1C1CC1. The Morgan fingerprint density at radius 3 is 3.00 bits per heavy atom. The molecule has 2 unspecified atom stereocenters. The first-order chi connectivity index (χ1) is 9.23. The van der Waals surface area contributed by atoms with Crippen molar-refractivity contribution < 1.29 is 4.74 Å². The normalized spacial score (nSPS) is 30.9. The summed E-state index contributed by atoms with van der Waals surface area (Å²) in [6.07, 6.45) is 7.38. The maximum atomic E-state index is 6.09. The number of rotatable bonds is 6. The molecule has 1 aliphatic carbocycles. The van der Waals surface area contributed by atoms with Crippen LogP contribution in [0.25, 0.3) is 0 Å². The molecule has 0 bridgehead atoms. The highest BCUT2D eigenvalue weighted by molar-refractivity contribution is 5.09. The maximum absolute atomic E-state index is 6.09. The van der Waals surface area contributed by atoms with Crippen molar-refractivity contribution in [2.75, 3.05) is 19.7 Å². The molecule has 4 heteroatoms. The summed E-state index contributed by atoms with van der Waals surface area (Å²) in [5, 5.41) is 8.13. The first kappa shape index (κ1) is 13.1. The Labute approximate surface area is 115 Å². The van der Waals surface area contributed by atoms with E-state index in [9.17, 15) is 0 Å². The van der Waals surface area contributed by atoms with Crippen LogP contribution in [0.2, 0.25) is 0 Å². The predicted octanol–water partition coefficient (Wildman–Crippen LogP) is 1.76. The van der Waals surface area contributed by atoms with E-state index >= 15 is 0 Å². The zero-order chi connectivity index (χ0) is 13.3. The van der Waals surface area contributed by atoms with Gasteiger partial charge in [-0.3, -0.25) is 4.68 Å². The number of hydrogen-bond acceptors (Lipinski definition) is 3. The quantitative estimate of drug-likeness (QED) is 0.850. The van der Waals surface area contributed by atoms with Crippen molar-refractivity contribution in [3.05, 3.63) is 18.0 Å². The molecule has 3 rings (SSSR count). The van der Waals surface area contributed by atoms with Gasteiger partial charge in [-0.25, -0.2) is 0 Å². The predicted molar refractivity (Wildman–Crippen MR) is 75.0 cm³/mol. The summed E-state index contributed by atoms with van der Waals surface area (Å²) in [4.78, 5) is 0. The van der Waals surface area contributed by atoms with E-state index in [2.05, 4.69) is 23.4 Å². The van der Waals surface area contributed by atoms with Crippen LogP contribution in [0.3, 0.4) is 0 Å². The highest BCUT2D eigenvalue weighted by Gasteiger charge is 2.50. The van der Waals surface area contributed by atoms with Gasteiger partial charge in [0.2, 0.25) is 0 Å². The van der Waals surface area contributed by atoms with E-state index in [1.165, 1.54) is 18.5 Å². The zero-order valence-electron chi connectivity index (χ0n) is 12.1. The van der Waals surface area contributed by atoms with Gasteiger partial charge in [0.05, 0.1) is 11.8 Å². The topological polar surface area (TPSA) is 39.1 Å². The summed E-state index contributed by atoms with van der Waals surface area (Å²) in [5.41, 5.74) is 1.46. The third kappa shape index (κ3) is 2.70. The standard InChI is InChI=1S/C15H25N3O/c1-3-16-11-15(10-13-6-8-18(2)17-13)7-9-19-14(15)12-4-5-12/h6,8,12,14,16H,3-5,7,9-11H2,1-2H3. The maximum Gasteiger partial charge on any atom is 0.0676 e. The van der Waals surface area contributed by atoms with Crippen molar-refractivity contribution in [2.24, 2.45) is 18.4 Å². The summed E-state index contributed by atoms with van der Waals surface area (Å²) in [5.74, 6) is 0.796. The van der Waals surface area contributed by atoms with E-state index in [-0.39, 0.29) is 5.41 Å². The molecule has 1 N–H and O–H groups in total. The third-order valence-corrected chi connectivity index (χ3v) is 4.58. The molecule has 1 aliphatic heterocycles. The van der Waals surface area contributed by atoms with Gasteiger partial charge in [0.15, 0.2) is 0 Å². The molecule has 2 aliphatic rings. The Balaban J connectivity index is 1.78. The number of ether oxygens (including phenoxy) is 1. The average molecular weight is 263 g/mol. The summed E-state index contributed by atoms with van der Waals surface area (Å²) in [7, 11) is 1.99. The van der Waals surface area contributed by atoms with Gasteiger partial charge in [-0.05, 0) is 37.8 Å². The summed E-state index contributed by atoms with van der Waals surface area (Å²) >= 11 is 0. The Hall–Kier alpha value is -0.870. The van der Waals surface area contributed by atoms with E-state index in [4.69, 9.17) is 4.74 Å². The summed E-state index contributed by atoms with van der Waals surface area (Å²) in [6, 6.07) is 2.15. The van der Waals surface area contributed by atoms with Crippen molar-refractivity contribution in [3.63, 3.8) is 0 Å². The number of nitrogens with zero attached hydrogens (tertiary/aromatic N) is 2. The lowest BCUT2D eigenvalue weighted by atomic mass is 9.75. The van der Waals surface area contributed by atoms with Crippen molar-refractivity contribution in [1.29, 1.82) is 0 Å². The van der Waals surface area contributed by atoms with Crippen LogP contribution >= 0.6 is 0 Å². The van der Waals surface area contributed by atoms with Crippen molar-refractivity contribution in [2.45, 2.75) is 38.7 Å². The van der Waals surface area contributed by atoms with Crippen molar-refractivity contribution >= 4 is 0 Å². The number of aromatic nitrogens is 2. The Kier molecular flexibility index (Phi) is 3.63. The molecular formula is C15H25N3O. The molecule has 0 radical (unpaired) electrons. The van der Waals surface area contributed by atoms with Crippen molar-refractivity contribution in [1.82, 2.24) is 15.1 Å². The highest BCUT2D eigenvalue weighted by atomic mass is 16.5. The second kappa shape index (κ2) is 5.25. The molecule has 1 saturated carbocycles. The molecule has 0 aromatic carbocycles. The largest absolute Gasteiger partial charge is 0.377 e. The molecule has 1 aromatic rings. The van der Waals surface area contributed by atoms with Crippen LogP contribution in [-0.2, 0) is 18.2 Å². The van der Waals surface area contributed by atoms with E-state index in [1.807, 2.05) is 17.9 Å². The van der Waals surface area contributed by atoms with Gasteiger partial charge in [0, 0.05) is 38.2 Å². The zero-order valence-corrected chi connectivity index (χ0v) is 12.1. The van der Waals surface area contributed by atoms with Gasteiger partial charge in [-0.2, -0.15) is 5.10 Å². The van der Waals surface area contributed by atoms with Crippen LogP contribution in [0.5, 0.6) is 0 Å². The Morgan fingerprint density at radius 2 is 2.37 bits per heavy atom. The van der Waals surface area contributed by atoms with Crippen LogP contribution in [0.15, 0.2) is 12.3 Å². The molecule has 1 saturated heterocycles. The minimum atomic E-state index is 0.255. The highest BCUT2D eigenvalue weighted by Crippen LogP contribution is 2.49. The number of hydrogen-bond donors (Lipinski definition) is 1. The van der Waals surface area contributed by atoms with Crippen LogP contribution in [0.1, 0.15) is 31.9 Å². The van der Waals surface area contributed by atoms with Crippen LogP contribution in [0, 0.1) is 11.3 Å². The fourth-order valence-corrected chi connectivity index (χ4v) is 3.48. The molecule has 19 heavy (non-hydrogen) atoms. The minimum Gasteiger partial charge on any atom is -0.377 e. The molecule has 4 nitrogen and oxygen atoms in total. The van der Waals surface area contributed by atoms with Gasteiger partial charge in [-0.1, -0.05) is 6.92 Å². The molecule has 0 spiro atoms. The minimum absolute atomic E-state index is 0.255. The van der Waals surface area contributed by atoms with Crippen molar-refractivity contribution in [3.8, 4) is 0 Å². The van der Waals surface area contributed by atoms with E-state index < -0.39 is 0 Å². The number of aryl methyl sites for hydroxylation is 1. The monoisotopic (exact) mass is 263 g/mol. The lowest BCUT2D eigenvalue weighted by Crippen LogP contribution is -2.43. The first-order valence-electron chi connectivity index (χ1n) is 7.54. The van der Waals surface area contributed by atoms with Crippen LogP contribution < -0.4 is 5.32 Å². The lowest BCUT2D eigenvalue weighted by Gasteiger charge is -2.34. The average Bonchev–Trinajstić information content (AvgIpc) is 3.04. The Bertz CT molecular complexity index is 427. The molecule has 2 fully saturated rings. The molecule has 0 amide bonds. The van der Waals surface area contributed by atoms with E-state index in [0.717, 1.165) is 38.5 Å². The van der Waals surface area contributed by atoms with Crippen LogP contribution in [-0.4, -0.2) is 35.6 Å². The summed E-state index contributed by atoms with van der Waals surface area (Å²) in [6.45, 7) is 5.18. The van der Waals surface area contributed by atoms with Gasteiger partial charge >= 0.3 is 0 Å². The molecule has 2 heterocycles. The van der Waals surface area contributed by atoms with Gasteiger partial charge in [0.25, 0.3) is 0 Å². The number of nitrogens with one attached hydrogen (secondary N) is 1. The Morgan fingerprint density at radius 1 is 1.53 bits per heavy atom. The second-order valence-corrected chi connectivity index (χ2v) is 6.18.